The van der Waals surface area contributed by atoms with E-state index in [2.05, 4.69) is 4.99 Å². The number of nitrogens with zero attached hydrogens (tertiary/aromatic N) is 2. The molecule has 0 amide bonds. The van der Waals surface area contributed by atoms with Crippen LogP contribution in [-0.4, -0.2) is 32.5 Å². The quantitative estimate of drug-likeness (QED) is 0.820. The highest BCUT2D eigenvalue weighted by Gasteiger charge is 2.14. The van der Waals surface area contributed by atoms with Crippen molar-refractivity contribution in [3.8, 4) is 0 Å². The van der Waals surface area contributed by atoms with Gasteiger partial charge < -0.3 is 14.8 Å². The van der Waals surface area contributed by atoms with Gasteiger partial charge in [0, 0.05) is 6.20 Å². The average Bonchev–Trinajstić information content (AvgIpc) is 2.12. The van der Waals surface area contributed by atoms with Crippen molar-refractivity contribution in [2.75, 3.05) is 6.54 Å². The molecule has 0 bridgehead atoms. The molecule has 1 heterocycles. The number of aliphatic hydroxyl groups is 2. The van der Waals surface area contributed by atoms with Crippen molar-refractivity contribution in [2.45, 2.75) is 45.4 Å². The fourth-order valence-corrected chi connectivity index (χ4v) is 1.44. The van der Waals surface area contributed by atoms with Gasteiger partial charge in [-0.05, 0) is 39.8 Å². The van der Waals surface area contributed by atoms with Crippen molar-refractivity contribution in [1.82, 2.24) is 4.57 Å². The van der Waals surface area contributed by atoms with Crippen molar-refractivity contribution >= 4 is 0 Å². The summed E-state index contributed by atoms with van der Waals surface area (Å²) in [6.45, 7) is 7.76. The largest absolute Gasteiger partial charge is 0.389 e. The normalized spacial score (nSPS) is 14.1. The van der Waals surface area contributed by atoms with Crippen LogP contribution in [0.4, 0.5) is 0 Å². The Balaban J connectivity index is 3.00. The summed E-state index contributed by atoms with van der Waals surface area (Å²) in [5.41, 5.74) is -0.843. The van der Waals surface area contributed by atoms with Crippen LogP contribution in [0.3, 0.4) is 0 Å². The highest BCUT2D eigenvalue weighted by Crippen LogP contribution is 2.04. The molecule has 0 saturated carbocycles. The SMILES string of the molecule is CC(C)(O)CN=c1ccccn1CC(C)(C)O. The smallest absolute Gasteiger partial charge is 0.127 e. The topological polar surface area (TPSA) is 57.8 Å². The molecule has 0 aromatic carbocycles. The van der Waals surface area contributed by atoms with E-state index in [1.54, 1.807) is 27.7 Å². The van der Waals surface area contributed by atoms with E-state index in [9.17, 15) is 10.2 Å². The number of rotatable bonds is 4. The third-order valence-electron chi connectivity index (χ3n) is 2.10. The van der Waals surface area contributed by atoms with Crippen LogP contribution in [0.1, 0.15) is 27.7 Å². The third-order valence-corrected chi connectivity index (χ3v) is 2.10. The van der Waals surface area contributed by atoms with Crippen molar-refractivity contribution in [3.05, 3.63) is 29.9 Å². The minimum Gasteiger partial charge on any atom is -0.389 e. The summed E-state index contributed by atoms with van der Waals surface area (Å²) in [5, 5.41) is 19.5. The number of aromatic nitrogens is 1. The molecule has 0 aliphatic carbocycles. The summed E-state index contributed by atoms with van der Waals surface area (Å²) in [6, 6.07) is 5.66. The van der Waals surface area contributed by atoms with Gasteiger partial charge in [0.1, 0.15) is 5.49 Å². The summed E-state index contributed by atoms with van der Waals surface area (Å²) in [6.07, 6.45) is 1.88. The number of pyridine rings is 1. The van der Waals surface area contributed by atoms with E-state index in [-0.39, 0.29) is 0 Å². The molecule has 0 saturated heterocycles. The first kappa shape index (κ1) is 13.9. The summed E-state index contributed by atoms with van der Waals surface area (Å²) >= 11 is 0. The van der Waals surface area contributed by atoms with Crippen LogP contribution < -0.4 is 5.49 Å². The second-order valence-corrected chi connectivity index (χ2v) is 5.63. The van der Waals surface area contributed by atoms with Crippen LogP contribution in [0.2, 0.25) is 0 Å². The molecule has 4 nitrogen and oxygen atoms in total. The van der Waals surface area contributed by atoms with Gasteiger partial charge in [-0.1, -0.05) is 6.07 Å². The van der Waals surface area contributed by atoms with Gasteiger partial charge in [-0.3, -0.25) is 4.99 Å². The zero-order chi connectivity index (χ0) is 13.1. The van der Waals surface area contributed by atoms with E-state index < -0.39 is 11.2 Å². The van der Waals surface area contributed by atoms with Crippen LogP contribution in [0.5, 0.6) is 0 Å². The molecule has 4 heteroatoms. The molecular formula is C13H22N2O2. The number of hydrogen-bond donors (Lipinski definition) is 2. The molecule has 2 N–H and O–H groups in total. The molecular weight excluding hydrogens is 216 g/mol. The lowest BCUT2D eigenvalue weighted by atomic mass is 10.1. The lowest BCUT2D eigenvalue weighted by molar-refractivity contribution is 0.0598. The lowest BCUT2D eigenvalue weighted by Crippen LogP contribution is -2.34. The highest BCUT2D eigenvalue weighted by molar-refractivity contribution is 4.94. The first-order valence-corrected chi connectivity index (χ1v) is 5.78. The van der Waals surface area contributed by atoms with Crippen molar-refractivity contribution in [3.63, 3.8) is 0 Å². The molecule has 0 unspecified atom stereocenters. The lowest BCUT2D eigenvalue weighted by Gasteiger charge is -2.20. The molecule has 0 atom stereocenters. The van der Waals surface area contributed by atoms with Crippen LogP contribution in [0.25, 0.3) is 0 Å². The summed E-state index contributed by atoms with van der Waals surface area (Å²) in [7, 11) is 0. The molecule has 96 valence electrons. The fourth-order valence-electron chi connectivity index (χ4n) is 1.44. The van der Waals surface area contributed by atoms with Gasteiger partial charge in [0.15, 0.2) is 0 Å². The Bertz CT molecular complexity index is 422. The van der Waals surface area contributed by atoms with E-state index in [0.717, 1.165) is 5.49 Å². The van der Waals surface area contributed by atoms with E-state index >= 15 is 0 Å². The summed E-state index contributed by atoms with van der Waals surface area (Å²) in [5.74, 6) is 0. The van der Waals surface area contributed by atoms with Gasteiger partial charge in [0.25, 0.3) is 0 Å². The standard InChI is InChI=1S/C13H22N2O2/c1-12(2,16)9-14-11-7-5-6-8-15(11)10-13(3,4)17/h5-8,16-17H,9-10H2,1-4H3. The Labute approximate surface area is 102 Å². The van der Waals surface area contributed by atoms with Crippen molar-refractivity contribution < 1.29 is 10.2 Å². The van der Waals surface area contributed by atoms with Gasteiger partial charge in [-0.25, -0.2) is 0 Å². The third kappa shape index (κ3) is 5.65. The number of hydrogen-bond acceptors (Lipinski definition) is 3. The molecule has 0 radical (unpaired) electrons. The van der Waals surface area contributed by atoms with Crippen LogP contribution in [0, 0.1) is 0 Å². The maximum absolute atomic E-state index is 9.81. The van der Waals surface area contributed by atoms with E-state index in [1.807, 2.05) is 29.0 Å². The first-order chi connectivity index (χ1) is 7.67. The predicted molar refractivity (Wildman–Crippen MR) is 67.5 cm³/mol. The molecule has 17 heavy (non-hydrogen) atoms. The predicted octanol–water partition coefficient (Wildman–Crippen LogP) is 0.931. The molecule has 0 aliphatic heterocycles. The van der Waals surface area contributed by atoms with Crippen molar-refractivity contribution in [2.24, 2.45) is 4.99 Å². The molecule has 1 aromatic heterocycles. The molecule has 1 aromatic rings. The zero-order valence-corrected chi connectivity index (χ0v) is 11.0. The Morgan fingerprint density at radius 3 is 2.29 bits per heavy atom. The van der Waals surface area contributed by atoms with Gasteiger partial charge in [0.2, 0.25) is 0 Å². The highest BCUT2D eigenvalue weighted by atomic mass is 16.3. The van der Waals surface area contributed by atoms with E-state index in [0.29, 0.717) is 13.1 Å². The zero-order valence-electron chi connectivity index (χ0n) is 11.0. The molecule has 0 spiro atoms. The summed E-state index contributed by atoms with van der Waals surface area (Å²) in [4.78, 5) is 4.36. The Kier molecular flexibility index (Phi) is 4.11. The van der Waals surface area contributed by atoms with Crippen molar-refractivity contribution in [1.29, 1.82) is 0 Å². The minimum atomic E-state index is -0.817. The molecule has 0 aliphatic rings. The maximum Gasteiger partial charge on any atom is 0.127 e. The van der Waals surface area contributed by atoms with Crippen LogP contribution in [-0.2, 0) is 6.54 Å². The second kappa shape index (κ2) is 5.02. The average molecular weight is 238 g/mol. The Hall–Kier alpha value is -1.13. The van der Waals surface area contributed by atoms with Gasteiger partial charge >= 0.3 is 0 Å². The fraction of sp³-hybridized carbons (Fsp3) is 0.615. The van der Waals surface area contributed by atoms with E-state index in [4.69, 9.17) is 0 Å². The Morgan fingerprint density at radius 2 is 1.76 bits per heavy atom. The monoisotopic (exact) mass is 238 g/mol. The van der Waals surface area contributed by atoms with Gasteiger partial charge in [-0.15, -0.1) is 0 Å². The van der Waals surface area contributed by atoms with Gasteiger partial charge in [0.05, 0.1) is 24.3 Å². The minimum absolute atomic E-state index is 0.336. The second-order valence-electron chi connectivity index (χ2n) is 5.63. The van der Waals surface area contributed by atoms with E-state index in [1.165, 1.54) is 0 Å². The van der Waals surface area contributed by atoms with Crippen LogP contribution in [0.15, 0.2) is 29.4 Å². The first-order valence-electron chi connectivity index (χ1n) is 5.78. The Morgan fingerprint density at radius 1 is 1.12 bits per heavy atom. The molecule has 0 fully saturated rings. The van der Waals surface area contributed by atoms with Crippen LogP contribution >= 0.6 is 0 Å². The summed E-state index contributed by atoms with van der Waals surface area (Å²) < 4.78 is 1.88. The molecule has 1 rings (SSSR count). The maximum atomic E-state index is 9.81. The van der Waals surface area contributed by atoms with Gasteiger partial charge in [-0.2, -0.15) is 0 Å².